The molecule has 55 heavy (non-hydrogen) atoms. The number of anilines is 2. The SMILES string of the molecule is Cc1sc2c(c1C)C(c1ccc(Cl)cc1)=NC(CC(=O)NCCOCCOCCOCCNc1cc(-c3ccc4c(c3)CC(=O)N4)ccn1)c1nnc(C)n1-2. The molecule has 0 aliphatic carbocycles. The Labute approximate surface area is 328 Å². The first-order valence-electron chi connectivity index (χ1n) is 18.2. The third-order valence-electron chi connectivity index (χ3n) is 9.42. The summed E-state index contributed by atoms with van der Waals surface area (Å²) in [7, 11) is 0. The number of aliphatic imine (C=N–C) groups is 1. The molecule has 5 aromatic rings. The predicted octanol–water partition coefficient (Wildman–Crippen LogP) is 6.02. The van der Waals surface area contributed by atoms with Crippen molar-refractivity contribution >= 4 is 52.0 Å². The zero-order valence-electron chi connectivity index (χ0n) is 31.0. The molecule has 0 saturated carbocycles. The largest absolute Gasteiger partial charge is 0.377 e. The van der Waals surface area contributed by atoms with Crippen LogP contribution in [0.2, 0.25) is 5.02 Å². The Kier molecular flexibility index (Phi) is 12.3. The average Bonchev–Trinajstić information content (AvgIpc) is 3.81. The molecule has 3 N–H and O–H groups in total. The standard InChI is InChI=1S/C40H43ClN8O5S/c1-24-25(2)55-40-37(24)38(27-4-7-31(41)8-5-27)46-33(39-48-47-26(3)49(39)40)23-35(50)44-13-15-53-17-19-54-18-16-52-14-12-43-34-21-29(10-11-42-34)28-6-9-32-30(20-28)22-36(51)45-32/h4-11,20-21,33H,12-19,22-23H2,1-3H3,(H,42,43)(H,44,50)(H,45,51). The van der Waals surface area contributed by atoms with E-state index in [4.69, 9.17) is 30.8 Å². The monoisotopic (exact) mass is 782 g/mol. The molecule has 3 aromatic heterocycles. The van der Waals surface area contributed by atoms with Gasteiger partial charge in [0.25, 0.3) is 0 Å². The number of hydrogen-bond donors (Lipinski definition) is 3. The van der Waals surface area contributed by atoms with E-state index in [1.807, 2.05) is 66.1 Å². The van der Waals surface area contributed by atoms with E-state index < -0.39 is 6.04 Å². The highest BCUT2D eigenvalue weighted by Crippen LogP contribution is 2.39. The van der Waals surface area contributed by atoms with Crippen LogP contribution in [-0.2, 0) is 30.2 Å². The Morgan fingerprint density at radius 3 is 2.40 bits per heavy atom. The lowest BCUT2D eigenvalue weighted by atomic mass is 9.99. The quantitative estimate of drug-likeness (QED) is 0.0961. The summed E-state index contributed by atoms with van der Waals surface area (Å²) in [6.07, 6.45) is 2.28. The minimum Gasteiger partial charge on any atom is -0.377 e. The highest BCUT2D eigenvalue weighted by Gasteiger charge is 2.32. The fraction of sp³-hybridized carbons (Fsp3) is 0.350. The van der Waals surface area contributed by atoms with Gasteiger partial charge in [0.15, 0.2) is 5.82 Å². The lowest BCUT2D eigenvalue weighted by molar-refractivity contribution is -0.121. The third kappa shape index (κ3) is 9.11. The van der Waals surface area contributed by atoms with Crippen LogP contribution in [0.1, 0.15) is 51.2 Å². The van der Waals surface area contributed by atoms with Crippen LogP contribution in [0.4, 0.5) is 11.5 Å². The van der Waals surface area contributed by atoms with E-state index in [-0.39, 0.29) is 18.2 Å². The van der Waals surface area contributed by atoms with E-state index >= 15 is 0 Å². The minimum atomic E-state index is -0.533. The van der Waals surface area contributed by atoms with Gasteiger partial charge in [0.2, 0.25) is 11.8 Å². The molecule has 1 unspecified atom stereocenters. The number of rotatable bonds is 17. The Morgan fingerprint density at radius 1 is 0.909 bits per heavy atom. The molecule has 0 saturated heterocycles. The van der Waals surface area contributed by atoms with Crippen molar-refractivity contribution < 1.29 is 23.8 Å². The second-order valence-electron chi connectivity index (χ2n) is 13.2. The Hall–Kier alpha value is -4.99. The highest BCUT2D eigenvalue weighted by atomic mass is 35.5. The summed E-state index contributed by atoms with van der Waals surface area (Å²) < 4.78 is 19.0. The molecular weight excluding hydrogens is 740 g/mol. The zero-order chi connectivity index (χ0) is 38.3. The first kappa shape index (κ1) is 38.3. The van der Waals surface area contributed by atoms with Crippen molar-refractivity contribution in [3.63, 3.8) is 0 Å². The maximum absolute atomic E-state index is 13.2. The number of pyridine rings is 1. The van der Waals surface area contributed by atoms with E-state index in [2.05, 4.69) is 45.0 Å². The Morgan fingerprint density at radius 2 is 1.62 bits per heavy atom. The Balaban J connectivity index is 0.790. The summed E-state index contributed by atoms with van der Waals surface area (Å²) in [6.45, 7) is 9.64. The number of aromatic nitrogens is 4. The number of ether oxygens (including phenoxy) is 3. The molecule has 5 heterocycles. The summed E-state index contributed by atoms with van der Waals surface area (Å²) in [5, 5.41) is 19.6. The lowest BCUT2D eigenvalue weighted by Crippen LogP contribution is -2.29. The van der Waals surface area contributed by atoms with Crippen LogP contribution in [0.25, 0.3) is 16.1 Å². The van der Waals surface area contributed by atoms with Crippen LogP contribution in [-0.4, -0.2) is 90.0 Å². The van der Waals surface area contributed by atoms with Crippen molar-refractivity contribution in [3.8, 4) is 16.1 Å². The van der Waals surface area contributed by atoms with Crippen molar-refractivity contribution in [1.82, 2.24) is 25.1 Å². The summed E-state index contributed by atoms with van der Waals surface area (Å²) in [5.41, 5.74) is 7.85. The smallest absolute Gasteiger partial charge is 0.228 e. The van der Waals surface area contributed by atoms with Crippen LogP contribution in [0.3, 0.4) is 0 Å². The van der Waals surface area contributed by atoms with Crippen LogP contribution < -0.4 is 16.0 Å². The maximum atomic E-state index is 13.2. The van der Waals surface area contributed by atoms with Crippen LogP contribution in [0, 0.1) is 20.8 Å². The average molecular weight is 783 g/mol. The second kappa shape index (κ2) is 17.6. The molecule has 0 bridgehead atoms. The predicted molar refractivity (Wildman–Crippen MR) is 214 cm³/mol. The van der Waals surface area contributed by atoms with Crippen LogP contribution in [0.15, 0.2) is 65.8 Å². The fourth-order valence-electron chi connectivity index (χ4n) is 6.55. The molecule has 13 nitrogen and oxygen atoms in total. The first-order valence-corrected chi connectivity index (χ1v) is 19.4. The molecule has 0 fully saturated rings. The maximum Gasteiger partial charge on any atom is 0.228 e. The number of amides is 2. The van der Waals surface area contributed by atoms with Crippen molar-refractivity contribution in [1.29, 1.82) is 0 Å². The van der Waals surface area contributed by atoms with E-state index in [9.17, 15) is 9.59 Å². The van der Waals surface area contributed by atoms with Gasteiger partial charge in [0, 0.05) is 46.0 Å². The number of halogens is 1. The van der Waals surface area contributed by atoms with E-state index in [1.165, 1.54) is 4.88 Å². The number of nitrogens with one attached hydrogen (secondary N) is 3. The normalized spacial score (nSPS) is 14.4. The number of aryl methyl sites for hydroxylation is 2. The molecule has 2 amide bonds. The molecule has 15 heteroatoms. The van der Waals surface area contributed by atoms with Gasteiger partial charge < -0.3 is 30.2 Å². The molecule has 0 spiro atoms. The topological polar surface area (TPSA) is 154 Å². The number of nitrogens with zero attached hydrogens (tertiary/aromatic N) is 5. The van der Waals surface area contributed by atoms with Crippen molar-refractivity contribution in [3.05, 3.63) is 105 Å². The molecule has 7 rings (SSSR count). The summed E-state index contributed by atoms with van der Waals surface area (Å²) in [4.78, 5) is 35.6. The molecule has 1 atom stereocenters. The first-order chi connectivity index (χ1) is 26.7. The summed E-state index contributed by atoms with van der Waals surface area (Å²) in [6, 6.07) is 17.0. The van der Waals surface area contributed by atoms with Crippen molar-refractivity contribution in [2.75, 3.05) is 63.4 Å². The van der Waals surface area contributed by atoms with E-state index in [1.54, 1.807) is 17.5 Å². The molecule has 2 aromatic carbocycles. The minimum absolute atomic E-state index is 0.0235. The van der Waals surface area contributed by atoms with E-state index in [0.717, 1.165) is 61.4 Å². The summed E-state index contributed by atoms with van der Waals surface area (Å²) >= 11 is 7.89. The van der Waals surface area contributed by atoms with Gasteiger partial charge in [-0.15, -0.1) is 21.5 Å². The van der Waals surface area contributed by atoms with Gasteiger partial charge in [0.1, 0.15) is 22.7 Å². The molecule has 286 valence electrons. The molecule has 2 aliphatic heterocycles. The van der Waals surface area contributed by atoms with Gasteiger partial charge in [0.05, 0.1) is 58.2 Å². The number of benzene rings is 2. The van der Waals surface area contributed by atoms with Gasteiger partial charge in [-0.3, -0.25) is 19.1 Å². The number of carbonyl (C=O) groups excluding carboxylic acids is 2. The number of fused-ring (bicyclic) bond motifs is 4. The highest BCUT2D eigenvalue weighted by molar-refractivity contribution is 7.15. The van der Waals surface area contributed by atoms with Gasteiger partial charge in [-0.25, -0.2) is 4.98 Å². The van der Waals surface area contributed by atoms with Crippen LogP contribution in [0.5, 0.6) is 0 Å². The number of hydrogen-bond acceptors (Lipinski definition) is 11. The Bertz CT molecular complexity index is 2200. The number of carbonyl (C=O) groups is 2. The molecule has 2 aliphatic rings. The van der Waals surface area contributed by atoms with Crippen molar-refractivity contribution in [2.24, 2.45) is 4.99 Å². The van der Waals surface area contributed by atoms with E-state index in [0.29, 0.717) is 70.0 Å². The summed E-state index contributed by atoms with van der Waals surface area (Å²) in [5.74, 6) is 2.01. The fourth-order valence-corrected chi connectivity index (χ4v) is 7.89. The van der Waals surface area contributed by atoms with Crippen molar-refractivity contribution in [2.45, 2.75) is 39.7 Å². The van der Waals surface area contributed by atoms with Gasteiger partial charge >= 0.3 is 0 Å². The second-order valence-corrected chi connectivity index (χ2v) is 14.9. The van der Waals surface area contributed by atoms with Gasteiger partial charge in [-0.1, -0.05) is 29.8 Å². The van der Waals surface area contributed by atoms with Gasteiger partial charge in [-0.2, -0.15) is 0 Å². The van der Waals surface area contributed by atoms with Gasteiger partial charge in [-0.05, 0) is 79.4 Å². The number of thiophene rings is 1. The zero-order valence-corrected chi connectivity index (χ0v) is 32.6. The lowest BCUT2D eigenvalue weighted by Gasteiger charge is -2.13. The molecule has 0 radical (unpaired) electrons. The van der Waals surface area contributed by atoms with Crippen LogP contribution >= 0.6 is 22.9 Å². The third-order valence-corrected chi connectivity index (χ3v) is 10.9. The molecular formula is C40H43ClN8O5S.